The van der Waals surface area contributed by atoms with E-state index < -0.39 is 11.5 Å². The van der Waals surface area contributed by atoms with Crippen LogP contribution in [0.5, 0.6) is 5.75 Å². The molecule has 0 aliphatic carbocycles. The van der Waals surface area contributed by atoms with E-state index in [9.17, 15) is 9.90 Å². The van der Waals surface area contributed by atoms with Crippen LogP contribution in [0, 0.1) is 13.8 Å². The zero-order valence-electron chi connectivity index (χ0n) is 12.1. The van der Waals surface area contributed by atoms with Gasteiger partial charge in [0.25, 0.3) is 0 Å². The van der Waals surface area contributed by atoms with Crippen LogP contribution in [-0.4, -0.2) is 29.8 Å². The predicted molar refractivity (Wildman–Crippen MR) is 75.7 cm³/mol. The van der Waals surface area contributed by atoms with Crippen LogP contribution in [0.15, 0.2) is 18.2 Å². The smallest absolute Gasteiger partial charge is 0.323 e. The minimum atomic E-state index is -0.938. The van der Waals surface area contributed by atoms with E-state index in [0.29, 0.717) is 19.6 Å². The van der Waals surface area contributed by atoms with Crippen LogP contribution in [0.1, 0.15) is 31.4 Å². The van der Waals surface area contributed by atoms with Gasteiger partial charge < -0.3 is 15.2 Å². The molecule has 0 fully saturated rings. The molecule has 0 radical (unpaired) electrons. The van der Waals surface area contributed by atoms with Gasteiger partial charge in [0.05, 0.1) is 6.61 Å². The molecule has 0 saturated carbocycles. The number of nitrogens with one attached hydrogen (secondary N) is 1. The predicted octanol–water partition coefficient (Wildman–Crippen LogP) is 2.53. The summed E-state index contributed by atoms with van der Waals surface area (Å²) in [4.78, 5) is 11.3. The van der Waals surface area contributed by atoms with Crippen molar-refractivity contribution in [2.24, 2.45) is 0 Å². The van der Waals surface area contributed by atoms with Crippen molar-refractivity contribution in [3.8, 4) is 5.75 Å². The molecule has 4 heteroatoms. The summed E-state index contributed by atoms with van der Waals surface area (Å²) in [6, 6.07) is 5.88. The Balaban J connectivity index is 2.62. The molecule has 19 heavy (non-hydrogen) atoms. The molecule has 0 aromatic heterocycles. The van der Waals surface area contributed by atoms with Crippen LogP contribution in [0.2, 0.25) is 0 Å². The van der Waals surface area contributed by atoms with E-state index in [1.165, 1.54) is 5.56 Å². The molecule has 0 aliphatic rings. The number of carboxylic acids is 1. The van der Waals surface area contributed by atoms with Gasteiger partial charge in [-0.1, -0.05) is 19.1 Å². The minimum absolute atomic E-state index is 0.375. The van der Waals surface area contributed by atoms with Crippen LogP contribution >= 0.6 is 0 Å². The van der Waals surface area contributed by atoms with Gasteiger partial charge in [-0.2, -0.15) is 0 Å². The summed E-state index contributed by atoms with van der Waals surface area (Å²) >= 11 is 0. The van der Waals surface area contributed by atoms with Gasteiger partial charge in [0, 0.05) is 6.42 Å². The molecule has 0 amide bonds. The molecule has 2 N–H and O–H groups in total. The SMILES string of the molecule is CCNC(C)(CCOc1cccc(C)c1C)C(=O)O. The molecular weight excluding hydrogens is 242 g/mol. The number of benzene rings is 1. The highest BCUT2D eigenvalue weighted by Gasteiger charge is 2.31. The Labute approximate surface area is 114 Å². The lowest BCUT2D eigenvalue weighted by Crippen LogP contribution is -2.50. The van der Waals surface area contributed by atoms with Crippen molar-refractivity contribution in [3.05, 3.63) is 29.3 Å². The number of likely N-dealkylation sites (N-methyl/N-ethyl adjacent to an activating group) is 1. The van der Waals surface area contributed by atoms with Crippen molar-refractivity contribution in [1.82, 2.24) is 5.32 Å². The Bertz CT molecular complexity index is 445. The lowest BCUT2D eigenvalue weighted by Gasteiger charge is -2.25. The van der Waals surface area contributed by atoms with E-state index in [-0.39, 0.29) is 0 Å². The Morgan fingerprint density at radius 2 is 2.11 bits per heavy atom. The van der Waals surface area contributed by atoms with Gasteiger partial charge in [-0.25, -0.2) is 0 Å². The number of aliphatic carboxylic acids is 1. The normalized spacial score (nSPS) is 13.9. The first-order valence-electron chi connectivity index (χ1n) is 6.58. The van der Waals surface area contributed by atoms with Gasteiger partial charge in [-0.15, -0.1) is 0 Å². The number of carboxylic acid groups (broad SMARTS) is 1. The molecule has 1 rings (SSSR count). The highest BCUT2D eigenvalue weighted by molar-refractivity contribution is 5.78. The third-order valence-electron chi connectivity index (χ3n) is 3.45. The average Bonchev–Trinajstić information content (AvgIpc) is 2.34. The van der Waals surface area contributed by atoms with Crippen LogP contribution in [0.3, 0.4) is 0 Å². The minimum Gasteiger partial charge on any atom is -0.493 e. The molecule has 4 nitrogen and oxygen atoms in total. The second-order valence-corrected chi connectivity index (χ2v) is 4.96. The second-order valence-electron chi connectivity index (χ2n) is 4.96. The summed E-state index contributed by atoms with van der Waals surface area (Å²) < 4.78 is 5.71. The van der Waals surface area contributed by atoms with Gasteiger partial charge in [-0.05, 0) is 44.5 Å². The third kappa shape index (κ3) is 3.96. The van der Waals surface area contributed by atoms with Crippen LogP contribution in [0.4, 0.5) is 0 Å². The number of aryl methyl sites for hydroxylation is 1. The molecule has 106 valence electrons. The summed E-state index contributed by atoms with van der Waals surface area (Å²) in [7, 11) is 0. The van der Waals surface area contributed by atoms with Crippen molar-refractivity contribution >= 4 is 5.97 Å². The zero-order valence-corrected chi connectivity index (χ0v) is 12.1. The fraction of sp³-hybridized carbons (Fsp3) is 0.533. The molecule has 1 aromatic rings. The summed E-state index contributed by atoms with van der Waals surface area (Å²) in [5.41, 5.74) is 1.33. The maximum Gasteiger partial charge on any atom is 0.323 e. The first kappa shape index (κ1) is 15.5. The van der Waals surface area contributed by atoms with Gasteiger partial charge in [0.2, 0.25) is 0 Å². The van der Waals surface area contributed by atoms with Crippen LogP contribution in [0.25, 0.3) is 0 Å². The van der Waals surface area contributed by atoms with E-state index in [2.05, 4.69) is 5.32 Å². The fourth-order valence-corrected chi connectivity index (χ4v) is 1.91. The second kappa shape index (κ2) is 6.57. The standard InChI is InChI=1S/C15H23NO3/c1-5-16-15(4,14(17)18)9-10-19-13-8-6-7-11(2)12(13)3/h6-8,16H,5,9-10H2,1-4H3,(H,17,18). The highest BCUT2D eigenvalue weighted by Crippen LogP contribution is 2.21. The lowest BCUT2D eigenvalue weighted by atomic mass is 9.98. The zero-order chi connectivity index (χ0) is 14.5. The monoisotopic (exact) mass is 265 g/mol. The van der Waals surface area contributed by atoms with Gasteiger partial charge >= 0.3 is 5.97 Å². The van der Waals surface area contributed by atoms with Gasteiger partial charge in [0.15, 0.2) is 0 Å². The summed E-state index contributed by atoms with van der Waals surface area (Å²) in [5.74, 6) is -0.0249. The maximum absolute atomic E-state index is 11.3. The van der Waals surface area contributed by atoms with Crippen molar-refractivity contribution in [2.75, 3.05) is 13.2 Å². The number of hydrogen-bond acceptors (Lipinski definition) is 3. The topological polar surface area (TPSA) is 58.6 Å². The Morgan fingerprint density at radius 3 is 2.68 bits per heavy atom. The summed E-state index contributed by atoms with van der Waals surface area (Å²) in [6.07, 6.45) is 0.420. The van der Waals surface area contributed by atoms with Crippen molar-refractivity contribution < 1.29 is 14.6 Å². The Kier molecular flexibility index (Phi) is 5.36. The lowest BCUT2D eigenvalue weighted by molar-refractivity contribution is -0.144. The van der Waals surface area contributed by atoms with E-state index in [1.807, 2.05) is 39.0 Å². The van der Waals surface area contributed by atoms with Crippen LogP contribution < -0.4 is 10.1 Å². The molecule has 1 atom stereocenters. The third-order valence-corrected chi connectivity index (χ3v) is 3.45. The van der Waals surface area contributed by atoms with Crippen molar-refractivity contribution in [1.29, 1.82) is 0 Å². The first-order valence-corrected chi connectivity index (χ1v) is 6.58. The average molecular weight is 265 g/mol. The Morgan fingerprint density at radius 1 is 1.42 bits per heavy atom. The van der Waals surface area contributed by atoms with Crippen LogP contribution in [-0.2, 0) is 4.79 Å². The van der Waals surface area contributed by atoms with Crippen molar-refractivity contribution in [3.63, 3.8) is 0 Å². The maximum atomic E-state index is 11.3. The summed E-state index contributed by atoms with van der Waals surface area (Å²) in [5, 5.41) is 12.2. The molecule has 0 saturated heterocycles. The number of hydrogen-bond donors (Lipinski definition) is 2. The molecule has 0 aliphatic heterocycles. The number of ether oxygens (including phenoxy) is 1. The molecular formula is C15H23NO3. The number of carbonyl (C=O) groups is 1. The molecule has 0 heterocycles. The molecule has 1 aromatic carbocycles. The van der Waals surface area contributed by atoms with Crippen molar-refractivity contribution in [2.45, 2.75) is 39.7 Å². The van der Waals surface area contributed by atoms with E-state index in [1.54, 1.807) is 6.92 Å². The largest absolute Gasteiger partial charge is 0.493 e. The molecule has 1 unspecified atom stereocenters. The quantitative estimate of drug-likeness (QED) is 0.795. The number of rotatable bonds is 7. The highest BCUT2D eigenvalue weighted by atomic mass is 16.5. The summed E-state index contributed by atoms with van der Waals surface area (Å²) in [6.45, 7) is 8.61. The van der Waals surface area contributed by atoms with E-state index >= 15 is 0 Å². The first-order chi connectivity index (χ1) is 8.90. The van der Waals surface area contributed by atoms with Gasteiger partial charge in [0.1, 0.15) is 11.3 Å². The molecule has 0 spiro atoms. The fourth-order valence-electron chi connectivity index (χ4n) is 1.91. The molecule has 0 bridgehead atoms. The van der Waals surface area contributed by atoms with Gasteiger partial charge in [-0.3, -0.25) is 4.79 Å². The Hall–Kier alpha value is -1.55. The van der Waals surface area contributed by atoms with E-state index in [4.69, 9.17) is 4.74 Å². The van der Waals surface area contributed by atoms with E-state index in [0.717, 1.165) is 11.3 Å².